The van der Waals surface area contributed by atoms with Crippen molar-refractivity contribution in [3.63, 3.8) is 0 Å². The molecule has 1 heterocycles. The second-order valence-electron chi connectivity index (χ2n) is 9.45. The zero-order chi connectivity index (χ0) is 24.7. The number of esters is 1. The molecule has 0 saturated carbocycles. The summed E-state index contributed by atoms with van der Waals surface area (Å²) in [6, 6.07) is 22.5. The third kappa shape index (κ3) is 2.77. The van der Waals surface area contributed by atoms with Crippen LogP contribution in [0.4, 0.5) is 5.69 Å². The molecule has 0 aromatic heterocycles. The number of carbonyl (C=O) groups is 3. The third-order valence-corrected chi connectivity index (χ3v) is 9.99. The number of para-hydroxylation sites is 1. The molecular weight excluding hydrogens is 574 g/mol. The number of carbonyl (C=O) groups excluding carboxylic acids is 3. The summed E-state index contributed by atoms with van der Waals surface area (Å²) in [5.74, 6) is -2.64. The minimum Gasteiger partial charge on any atom is -0.459 e. The van der Waals surface area contributed by atoms with Crippen molar-refractivity contribution in [1.82, 2.24) is 0 Å². The van der Waals surface area contributed by atoms with Gasteiger partial charge in [-0.2, -0.15) is 0 Å². The zero-order valence-electron chi connectivity index (χ0n) is 19.0. The molecule has 5 nitrogen and oxygen atoms in total. The number of anilines is 1. The van der Waals surface area contributed by atoms with Gasteiger partial charge in [-0.15, -0.1) is 0 Å². The number of imide groups is 1. The molecule has 0 N–H and O–H groups in total. The van der Waals surface area contributed by atoms with E-state index in [4.69, 9.17) is 4.74 Å². The normalized spacial score (nSPS) is 28.1. The molecule has 3 aromatic carbocycles. The molecule has 0 unspecified atom stereocenters. The quantitative estimate of drug-likeness (QED) is 0.223. The molecule has 2 bridgehead atoms. The van der Waals surface area contributed by atoms with E-state index < -0.39 is 26.5 Å². The average Bonchev–Trinajstić information content (AvgIpc) is 3.13. The van der Waals surface area contributed by atoms with Gasteiger partial charge in [0, 0.05) is 0 Å². The number of benzene rings is 3. The van der Waals surface area contributed by atoms with Gasteiger partial charge in [-0.25, -0.2) is 9.69 Å². The first-order chi connectivity index (χ1) is 16.7. The first-order valence-electron chi connectivity index (χ1n) is 11.5. The molecule has 2 atom stereocenters. The number of ether oxygens (including phenoxy) is 1. The maximum Gasteiger partial charge on any atom is 0.340 e. The van der Waals surface area contributed by atoms with Crippen LogP contribution in [0.25, 0.3) is 0 Å². The largest absolute Gasteiger partial charge is 0.459 e. The summed E-state index contributed by atoms with van der Waals surface area (Å²) in [7, 11) is 0. The van der Waals surface area contributed by atoms with Gasteiger partial charge in [0.15, 0.2) is 0 Å². The molecule has 4 aliphatic rings. The summed E-state index contributed by atoms with van der Waals surface area (Å²) >= 11 is 7.99. The lowest BCUT2D eigenvalue weighted by Gasteiger charge is -2.55. The first kappa shape index (κ1) is 22.7. The van der Waals surface area contributed by atoms with Crippen LogP contribution in [0.15, 0.2) is 72.8 Å². The summed E-state index contributed by atoms with van der Waals surface area (Å²) in [6.45, 7) is 3.52. The van der Waals surface area contributed by atoms with E-state index in [0.717, 1.165) is 22.3 Å². The molecule has 176 valence electrons. The number of rotatable bonds is 3. The van der Waals surface area contributed by atoms with E-state index in [1.54, 1.807) is 38.1 Å². The van der Waals surface area contributed by atoms with Crippen LogP contribution < -0.4 is 4.90 Å². The van der Waals surface area contributed by atoms with Gasteiger partial charge in [0.05, 0.1) is 37.8 Å². The van der Waals surface area contributed by atoms with Crippen LogP contribution >= 0.6 is 31.9 Å². The van der Waals surface area contributed by atoms with Crippen molar-refractivity contribution in [3.8, 4) is 0 Å². The van der Waals surface area contributed by atoms with Crippen LogP contribution in [0.2, 0.25) is 0 Å². The summed E-state index contributed by atoms with van der Waals surface area (Å²) in [5, 5.41) is 0. The highest BCUT2D eigenvalue weighted by atomic mass is 79.9. The van der Waals surface area contributed by atoms with Crippen molar-refractivity contribution in [2.24, 2.45) is 11.8 Å². The SMILES string of the molecule is CC(C)OC(=O)c1ccccc1N1C(=O)[C@@H]2[C@H](C1=O)C1(Br)c3ccccc3C2(Br)c2ccccc21. The van der Waals surface area contributed by atoms with Gasteiger partial charge < -0.3 is 4.74 Å². The lowest BCUT2D eigenvalue weighted by Crippen LogP contribution is -2.56. The standard InChI is InChI=1S/C28H21Br2NO4/c1-15(2)35-26(34)16-9-3-8-14-21(16)31-24(32)22-23(25(31)33)28(30)18-11-5-4-10-17(18)27(22,29)19-12-6-7-13-20(19)28/h3-15,22-23H,1-2H3/t22-,23+,27?,28?. The maximum absolute atomic E-state index is 14.2. The minimum absolute atomic E-state index is 0.191. The van der Waals surface area contributed by atoms with Crippen molar-refractivity contribution in [2.45, 2.75) is 28.6 Å². The summed E-state index contributed by atoms with van der Waals surface area (Å²) in [6.07, 6.45) is -0.334. The molecule has 7 rings (SSSR count). The van der Waals surface area contributed by atoms with Crippen LogP contribution in [0.1, 0.15) is 46.5 Å². The monoisotopic (exact) mass is 593 g/mol. The van der Waals surface area contributed by atoms with Crippen LogP contribution in [-0.2, 0) is 23.0 Å². The Morgan fingerprint density at radius 2 is 1.17 bits per heavy atom. The Balaban J connectivity index is 1.58. The van der Waals surface area contributed by atoms with Crippen molar-refractivity contribution in [1.29, 1.82) is 0 Å². The van der Waals surface area contributed by atoms with E-state index >= 15 is 0 Å². The molecular formula is C28H21Br2NO4. The predicted octanol–water partition coefficient (Wildman–Crippen LogP) is 5.66. The Bertz CT molecular complexity index is 1310. The average molecular weight is 595 g/mol. The second kappa shape index (κ2) is 7.61. The highest BCUT2D eigenvalue weighted by molar-refractivity contribution is 9.10. The first-order valence-corrected chi connectivity index (χ1v) is 13.1. The number of hydrogen-bond acceptors (Lipinski definition) is 4. The van der Waals surface area contributed by atoms with Gasteiger partial charge in [0.1, 0.15) is 0 Å². The Labute approximate surface area is 219 Å². The molecule has 2 amide bonds. The van der Waals surface area contributed by atoms with E-state index in [-0.39, 0.29) is 29.2 Å². The minimum atomic E-state index is -0.880. The molecule has 1 fully saturated rings. The van der Waals surface area contributed by atoms with Gasteiger partial charge >= 0.3 is 5.97 Å². The molecule has 35 heavy (non-hydrogen) atoms. The van der Waals surface area contributed by atoms with Crippen LogP contribution in [0.3, 0.4) is 0 Å². The summed E-state index contributed by atoms with van der Waals surface area (Å²) in [4.78, 5) is 42.5. The smallest absolute Gasteiger partial charge is 0.340 e. The van der Waals surface area contributed by atoms with E-state index in [1.165, 1.54) is 4.90 Å². The van der Waals surface area contributed by atoms with Crippen molar-refractivity contribution >= 4 is 55.3 Å². The van der Waals surface area contributed by atoms with Gasteiger partial charge in [0.25, 0.3) is 0 Å². The summed E-state index contributed by atoms with van der Waals surface area (Å²) < 4.78 is 3.66. The molecule has 1 aliphatic heterocycles. The molecule has 0 spiro atoms. The zero-order valence-corrected chi connectivity index (χ0v) is 22.2. The fourth-order valence-electron chi connectivity index (χ4n) is 6.02. The van der Waals surface area contributed by atoms with Gasteiger partial charge in [-0.1, -0.05) is 92.5 Å². The maximum atomic E-state index is 14.2. The number of amides is 2. The highest BCUT2D eigenvalue weighted by Crippen LogP contribution is 2.70. The lowest BCUT2D eigenvalue weighted by molar-refractivity contribution is -0.122. The van der Waals surface area contributed by atoms with Crippen LogP contribution in [0, 0.1) is 11.8 Å². The van der Waals surface area contributed by atoms with Crippen molar-refractivity contribution in [2.75, 3.05) is 4.90 Å². The fourth-order valence-corrected chi connectivity index (χ4v) is 8.33. The number of halogens is 2. The van der Waals surface area contributed by atoms with E-state index in [2.05, 4.69) is 31.9 Å². The van der Waals surface area contributed by atoms with Gasteiger partial charge in [0.2, 0.25) is 11.8 Å². The van der Waals surface area contributed by atoms with Gasteiger partial charge in [-0.3, -0.25) is 9.59 Å². The Hall–Kier alpha value is -2.77. The molecule has 1 saturated heterocycles. The molecule has 3 aliphatic carbocycles. The van der Waals surface area contributed by atoms with E-state index in [1.807, 2.05) is 48.5 Å². The Morgan fingerprint density at radius 1 is 0.771 bits per heavy atom. The Morgan fingerprint density at radius 3 is 1.60 bits per heavy atom. The molecule has 0 radical (unpaired) electrons. The fraction of sp³-hybridized carbons (Fsp3) is 0.250. The predicted molar refractivity (Wildman–Crippen MR) is 139 cm³/mol. The van der Waals surface area contributed by atoms with Crippen LogP contribution in [-0.4, -0.2) is 23.9 Å². The lowest BCUT2D eigenvalue weighted by atomic mass is 9.54. The van der Waals surface area contributed by atoms with E-state index in [9.17, 15) is 14.4 Å². The second-order valence-corrected chi connectivity index (χ2v) is 12.0. The summed E-state index contributed by atoms with van der Waals surface area (Å²) in [5.41, 5.74) is 4.30. The van der Waals surface area contributed by atoms with Gasteiger partial charge in [-0.05, 0) is 48.2 Å². The molecule has 7 heteroatoms. The highest BCUT2D eigenvalue weighted by Gasteiger charge is 2.72. The third-order valence-electron chi connectivity index (χ3n) is 7.29. The number of hydrogen-bond donors (Lipinski definition) is 0. The number of nitrogens with zero attached hydrogens (tertiary/aromatic N) is 1. The van der Waals surface area contributed by atoms with Crippen molar-refractivity contribution in [3.05, 3.63) is 101 Å². The van der Waals surface area contributed by atoms with E-state index in [0.29, 0.717) is 0 Å². The molecule has 3 aromatic rings. The Kier molecular flexibility index (Phi) is 4.93. The topological polar surface area (TPSA) is 63.7 Å². The van der Waals surface area contributed by atoms with Crippen LogP contribution in [0.5, 0.6) is 0 Å². The van der Waals surface area contributed by atoms with Crippen molar-refractivity contribution < 1.29 is 19.1 Å². The number of alkyl halides is 2.